The quantitative estimate of drug-likeness (QED) is 0.638. The van der Waals surface area contributed by atoms with Gasteiger partial charge in [0.2, 0.25) is 0 Å². The lowest BCUT2D eigenvalue weighted by atomic mass is 9.92. The Labute approximate surface area is 164 Å². The van der Waals surface area contributed by atoms with E-state index in [0.717, 1.165) is 46.1 Å². The molecule has 2 aromatic carbocycles. The summed E-state index contributed by atoms with van der Waals surface area (Å²) in [5, 5.41) is 5.61. The highest BCUT2D eigenvalue weighted by molar-refractivity contribution is 6.30. The molecule has 0 fully saturated rings. The normalized spacial score (nSPS) is 16.4. The molecule has 0 bridgehead atoms. The highest BCUT2D eigenvalue weighted by atomic mass is 35.5. The van der Waals surface area contributed by atoms with E-state index in [2.05, 4.69) is 22.4 Å². The van der Waals surface area contributed by atoms with Crippen LogP contribution in [0.15, 0.2) is 30.3 Å². The molecule has 1 aromatic heterocycles. The zero-order chi connectivity index (χ0) is 19.0. The molecule has 0 aliphatic carbocycles. The topological polar surface area (TPSA) is 46.3 Å². The van der Waals surface area contributed by atoms with Crippen LogP contribution in [0.1, 0.15) is 42.3 Å². The van der Waals surface area contributed by atoms with Gasteiger partial charge in [-0.2, -0.15) is 0 Å². The molecule has 5 heteroatoms. The predicted octanol–water partition coefficient (Wildman–Crippen LogP) is 5.16. The van der Waals surface area contributed by atoms with Crippen LogP contribution >= 0.6 is 11.6 Å². The maximum Gasteiger partial charge on any atom is 0.127 e. The molecule has 27 heavy (non-hydrogen) atoms. The van der Waals surface area contributed by atoms with Crippen molar-refractivity contribution >= 4 is 22.5 Å². The smallest absolute Gasteiger partial charge is 0.127 e. The van der Waals surface area contributed by atoms with Gasteiger partial charge in [0.1, 0.15) is 11.5 Å². The van der Waals surface area contributed by atoms with Gasteiger partial charge in [0.25, 0.3) is 0 Å². The minimum atomic E-state index is 0.0237. The van der Waals surface area contributed by atoms with Crippen LogP contribution < -0.4 is 14.8 Å². The summed E-state index contributed by atoms with van der Waals surface area (Å²) >= 11 is 6.39. The first-order valence-electron chi connectivity index (χ1n) is 9.55. The standard InChI is InChI=1S/C22H25ClN2O2/c1-4-26-15-6-7-19-17(12-15)16-8-9-24-20(21(16)25-19)18-11-14(23)10-13(3)22(18)27-5-2/h6-7,10-12,20,24-25H,4-5,8-9H2,1-3H3. The number of fused-ring (bicyclic) bond motifs is 3. The summed E-state index contributed by atoms with van der Waals surface area (Å²) in [4.78, 5) is 3.63. The van der Waals surface area contributed by atoms with E-state index < -0.39 is 0 Å². The highest BCUT2D eigenvalue weighted by Gasteiger charge is 2.28. The zero-order valence-corrected chi connectivity index (χ0v) is 16.7. The van der Waals surface area contributed by atoms with Gasteiger partial charge in [-0.1, -0.05) is 11.6 Å². The van der Waals surface area contributed by atoms with Crippen molar-refractivity contribution in [3.05, 3.63) is 57.7 Å². The van der Waals surface area contributed by atoms with Crippen molar-refractivity contribution in [1.29, 1.82) is 0 Å². The van der Waals surface area contributed by atoms with Crippen LogP contribution in [0, 0.1) is 6.92 Å². The van der Waals surface area contributed by atoms with Gasteiger partial charge in [0.15, 0.2) is 0 Å². The Morgan fingerprint density at radius 3 is 2.70 bits per heavy atom. The average molecular weight is 385 g/mol. The average Bonchev–Trinajstić information content (AvgIpc) is 3.02. The number of benzene rings is 2. The van der Waals surface area contributed by atoms with E-state index in [1.807, 2.05) is 39.0 Å². The number of aryl methyl sites for hydroxylation is 1. The van der Waals surface area contributed by atoms with Crippen molar-refractivity contribution in [3.63, 3.8) is 0 Å². The second kappa shape index (κ2) is 7.45. The van der Waals surface area contributed by atoms with E-state index in [1.54, 1.807) is 0 Å². The Hall–Kier alpha value is -2.17. The molecule has 2 heterocycles. The number of hydrogen-bond donors (Lipinski definition) is 2. The Balaban J connectivity index is 1.86. The molecular formula is C22H25ClN2O2. The number of aromatic amines is 1. The number of hydrogen-bond acceptors (Lipinski definition) is 3. The second-order valence-corrected chi connectivity index (χ2v) is 7.31. The third-order valence-corrected chi connectivity index (χ3v) is 5.32. The van der Waals surface area contributed by atoms with Gasteiger partial charge < -0.3 is 19.8 Å². The molecule has 1 unspecified atom stereocenters. The van der Waals surface area contributed by atoms with E-state index in [9.17, 15) is 0 Å². The summed E-state index contributed by atoms with van der Waals surface area (Å²) in [5.41, 5.74) is 5.80. The first-order valence-corrected chi connectivity index (χ1v) is 9.93. The fourth-order valence-corrected chi connectivity index (χ4v) is 4.32. The first-order chi connectivity index (χ1) is 13.1. The molecule has 4 rings (SSSR count). The van der Waals surface area contributed by atoms with Crippen LogP contribution in [0.5, 0.6) is 11.5 Å². The largest absolute Gasteiger partial charge is 0.494 e. The van der Waals surface area contributed by atoms with Crippen molar-refractivity contribution < 1.29 is 9.47 Å². The van der Waals surface area contributed by atoms with E-state index in [1.165, 1.54) is 16.6 Å². The van der Waals surface area contributed by atoms with Crippen LogP contribution in [0.3, 0.4) is 0 Å². The Morgan fingerprint density at radius 2 is 1.93 bits per heavy atom. The zero-order valence-electron chi connectivity index (χ0n) is 16.0. The third-order valence-electron chi connectivity index (χ3n) is 5.10. The molecule has 142 valence electrons. The summed E-state index contributed by atoms with van der Waals surface area (Å²) in [7, 11) is 0. The van der Waals surface area contributed by atoms with E-state index in [-0.39, 0.29) is 6.04 Å². The van der Waals surface area contributed by atoms with Gasteiger partial charge in [0.05, 0.1) is 19.3 Å². The molecule has 4 nitrogen and oxygen atoms in total. The molecule has 1 aliphatic heterocycles. The van der Waals surface area contributed by atoms with Gasteiger partial charge in [0, 0.05) is 33.7 Å². The fraction of sp³-hybridized carbons (Fsp3) is 0.364. The SMILES string of the molecule is CCOc1ccc2[nH]c3c(c2c1)CCNC3c1cc(Cl)cc(C)c1OCC. The summed E-state index contributed by atoms with van der Waals surface area (Å²) in [6, 6.07) is 10.3. The van der Waals surface area contributed by atoms with Crippen LogP contribution in [0.25, 0.3) is 10.9 Å². The van der Waals surface area contributed by atoms with Gasteiger partial charge in [-0.3, -0.25) is 0 Å². The minimum Gasteiger partial charge on any atom is -0.494 e. The molecule has 2 N–H and O–H groups in total. The van der Waals surface area contributed by atoms with Crippen molar-refractivity contribution in [3.8, 4) is 11.5 Å². The van der Waals surface area contributed by atoms with E-state index in [4.69, 9.17) is 21.1 Å². The van der Waals surface area contributed by atoms with E-state index in [0.29, 0.717) is 13.2 Å². The van der Waals surface area contributed by atoms with Gasteiger partial charge in [-0.15, -0.1) is 0 Å². The summed E-state index contributed by atoms with van der Waals surface area (Å²) in [6.45, 7) is 8.26. The maximum absolute atomic E-state index is 6.39. The van der Waals surface area contributed by atoms with Gasteiger partial charge >= 0.3 is 0 Å². The monoisotopic (exact) mass is 384 g/mol. The van der Waals surface area contributed by atoms with Crippen LogP contribution in [0.2, 0.25) is 5.02 Å². The lowest BCUT2D eigenvalue weighted by molar-refractivity contribution is 0.330. The Morgan fingerprint density at radius 1 is 1.11 bits per heavy atom. The molecule has 1 aliphatic rings. The number of nitrogens with one attached hydrogen (secondary N) is 2. The second-order valence-electron chi connectivity index (χ2n) is 6.87. The molecule has 3 aromatic rings. The van der Waals surface area contributed by atoms with Crippen molar-refractivity contribution in [2.45, 2.75) is 33.2 Å². The molecule has 1 atom stereocenters. The molecule has 0 radical (unpaired) electrons. The molecule has 0 spiro atoms. The van der Waals surface area contributed by atoms with Crippen molar-refractivity contribution in [1.82, 2.24) is 10.3 Å². The van der Waals surface area contributed by atoms with Crippen LogP contribution in [-0.2, 0) is 6.42 Å². The number of ether oxygens (including phenoxy) is 2. The number of rotatable bonds is 5. The molecule has 0 amide bonds. The summed E-state index contributed by atoms with van der Waals surface area (Å²) in [6.07, 6.45) is 0.977. The summed E-state index contributed by atoms with van der Waals surface area (Å²) < 4.78 is 11.7. The number of halogens is 1. The van der Waals surface area contributed by atoms with Crippen LogP contribution in [0.4, 0.5) is 0 Å². The minimum absolute atomic E-state index is 0.0237. The van der Waals surface area contributed by atoms with Gasteiger partial charge in [-0.25, -0.2) is 0 Å². The van der Waals surface area contributed by atoms with E-state index >= 15 is 0 Å². The summed E-state index contributed by atoms with van der Waals surface area (Å²) in [5.74, 6) is 1.83. The fourth-order valence-electron chi connectivity index (χ4n) is 4.04. The van der Waals surface area contributed by atoms with Crippen LogP contribution in [-0.4, -0.2) is 24.7 Å². The van der Waals surface area contributed by atoms with Crippen molar-refractivity contribution in [2.24, 2.45) is 0 Å². The lowest BCUT2D eigenvalue weighted by Crippen LogP contribution is -2.31. The third kappa shape index (κ3) is 3.28. The van der Waals surface area contributed by atoms with Crippen molar-refractivity contribution in [2.75, 3.05) is 19.8 Å². The first kappa shape index (κ1) is 18.2. The molecule has 0 saturated heterocycles. The predicted molar refractivity (Wildman–Crippen MR) is 110 cm³/mol. The number of H-pyrrole nitrogens is 1. The highest BCUT2D eigenvalue weighted by Crippen LogP contribution is 2.40. The number of aromatic nitrogens is 1. The maximum atomic E-state index is 6.39. The molecule has 0 saturated carbocycles. The Kier molecular flexibility index (Phi) is 5.02. The van der Waals surface area contributed by atoms with Gasteiger partial charge in [-0.05, 0) is 68.7 Å². The molecular weight excluding hydrogens is 360 g/mol. The Bertz CT molecular complexity index is 980. The lowest BCUT2D eigenvalue weighted by Gasteiger charge is -2.27.